The zero-order chi connectivity index (χ0) is 18.0. The lowest BCUT2D eigenvalue weighted by molar-refractivity contribution is -0.133. The molecule has 1 aliphatic heterocycles. The topological polar surface area (TPSA) is 82.5 Å². The van der Waals surface area contributed by atoms with Gasteiger partial charge in [0, 0.05) is 37.8 Å². The van der Waals surface area contributed by atoms with Crippen molar-refractivity contribution >= 4 is 17.4 Å². The molecule has 0 bridgehead atoms. The van der Waals surface area contributed by atoms with Gasteiger partial charge in [0.2, 0.25) is 5.91 Å². The predicted molar refractivity (Wildman–Crippen MR) is 94.8 cm³/mol. The summed E-state index contributed by atoms with van der Waals surface area (Å²) in [5.41, 5.74) is 2.70. The van der Waals surface area contributed by atoms with Crippen molar-refractivity contribution in [3.8, 4) is 0 Å². The fraction of sp³-hybridized carbons (Fsp3) is 0.526. The van der Waals surface area contributed by atoms with Crippen molar-refractivity contribution in [2.24, 2.45) is 5.92 Å². The summed E-state index contributed by atoms with van der Waals surface area (Å²) in [6, 6.07) is 1.58. The zero-order valence-electron chi connectivity index (χ0n) is 14.8. The number of likely N-dealkylation sites (tertiary alicyclic amines) is 1. The van der Waals surface area contributed by atoms with E-state index >= 15 is 0 Å². The Labute approximate surface area is 147 Å². The second-order valence-electron chi connectivity index (χ2n) is 7.05. The summed E-state index contributed by atoms with van der Waals surface area (Å²) in [5.74, 6) is -0.619. The van der Waals surface area contributed by atoms with Crippen LogP contribution in [0.1, 0.15) is 43.5 Å². The van der Waals surface area contributed by atoms with Crippen LogP contribution in [-0.2, 0) is 22.6 Å². The van der Waals surface area contributed by atoms with Crippen molar-refractivity contribution in [1.82, 2.24) is 15.2 Å². The number of aromatic nitrogens is 1. The number of fused-ring (bicyclic) bond motifs is 1. The van der Waals surface area contributed by atoms with Gasteiger partial charge in [0.05, 0.1) is 17.3 Å². The Hall–Kier alpha value is -2.21. The molecular formula is C19H25N3O3. The van der Waals surface area contributed by atoms with Crippen LogP contribution in [0.25, 0.3) is 5.57 Å². The third kappa shape index (κ3) is 3.58. The van der Waals surface area contributed by atoms with Gasteiger partial charge in [0.1, 0.15) is 0 Å². The molecule has 1 aromatic heterocycles. The molecule has 0 unspecified atom stereocenters. The van der Waals surface area contributed by atoms with Crippen molar-refractivity contribution in [1.29, 1.82) is 0 Å². The summed E-state index contributed by atoms with van der Waals surface area (Å²) in [6.07, 6.45) is 6.10. The van der Waals surface area contributed by atoms with Gasteiger partial charge in [-0.1, -0.05) is 19.9 Å². The van der Waals surface area contributed by atoms with Crippen LogP contribution >= 0.6 is 0 Å². The van der Waals surface area contributed by atoms with Gasteiger partial charge in [0.25, 0.3) is 0 Å². The molecule has 1 atom stereocenters. The van der Waals surface area contributed by atoms with E-state index in [1.54, 1.807) is 12.3 Å². The largest absolute Gasteiger partial charge is 0.478 e. The second kappa shape index (κ2) is 7.35. The standard InChI is InChI=1S/C19H25N3O3/c1-12(2)17(18(23)22-9-3-4-10-22)21-11-13-7-8-20-15-6-5-14(16(13)15)19(24)25/h5,7-8,12,17,21H,3-4,6,9-11H2,1-2H3,(H,24,25)/t17-/m1/s1. The van der Waals surface area contributed by atoms with Gasteiger partial charge < -0.3 is 15.3 Å². The Morgan fingerprint density at radius 3 is 2.68 bits per heavy atom. The lowest BCUT2D eigenvalue weighted by Crippen LogP contribution is -2.48. The molecule has 2 heterocycles. The van der Waals surface area contributed by atoms with Gasteiger partial charge in [-0.25, -0.2) is 4.79 Å². The number of carbonyl (C=O) groups is 2. The first-order chi connectivity index (χ1) is 12.0. The van der Waals surface area contributed by atoms with E-state index in [2.05, 4.69) is 10.3 Å². The van der Waals surface area contributed by atoms with Crippen LogP contribution in [0.3, 0.4) is 0 Å². The van der Waals surface area contributed by atoms with Crippen molar-refractivity contribution in [2.45, 2.75) is 45.7 Å². The molecule has 1 amide bonds. The molecule has 1 aromatic rings. The average Bonchev–Trinajstić information content (AvgIpc) is 3.24. The molecule has 0 radical (unpaired) electrons. The molecule has 0 spiro atoms. The molecule has 6 heteroatoms. The molecule has 2 aliphatic rings. The van der Waals surface area contributed by atoms with E-state index < -0.39 is 5.97 Å². The van der Waals surface area contributed by atoms with Crippen molar-refractivity contribution in [2.75, 3.05) is 13.1 Å². The van der Waals surface area contributed by atoms with Gasteiger partial charge in [-0.3, -0.25) is 9.78 Å². The molecule has 3 rings (SSSR count). The molecular weight excluding hydrogens is 318 g/mol. The monoisotopic (exact) mass is 343 g/mol. The first kappa shape index (κ1) is 17.6. The van der Waals surface area contributed by atoms with Crippen molar-refractivity contribution in [3.05, 3.63) is 35.2 Å². The van der Waals surface area contributed by atoms with E-state index in [9.17, 15) is 14.7 Å². The number of hydrogen-bond acceptors (Lipinski definition) is 4. The highest BCUT2D eigenvalue weighted by molar-refractivity contribution is 6.17. The third-order valence-corrected chi connectivity index (χ3v) is 4.98. The third-order valence-electron chi connectivity index (χ3n) is 4.98. The van der Waals surface area contributed by atoms with Crippen LogP contribution in [0.15, 0.2) is 18.3 Å². The fourth-order valence-electron chi connectivity index (χ4n) is 3.64. The maximum absolute atomic E-state index is 12.8. The van der Waals surface area contributed by atoms with Crippen LogP contribution in [-0.4, -0.2) is 46.0 Å². The highest BCUT2D eigenvalue weighted by atomic mass is 16.4. The fourth-order valence-corrected chi connectivity index (χ4v) is 3.64. The van der Waals surface area contributed by atoms with Crippen LogP contribution in [0.4, 0.5) is 0 Å². The van der Waals surface area contributed by atoms with E-state index in [1.807, 2.05) is 24.8 Å². The Kier molecular flexibility index (Phi) is 5.18. The van der Waals surface area contributed by atoms with Crippen molar-refractivity contribution < 1.29 is 14.7 Å². The number of nitrogens with zero attached hydrogens (tertiary/aromatic N) is 2. The molecule has 25 heavy (non-hydrogen) atoms. The maximum atomic E-state index is 12.8. The lowest BCUT2D eigenvalue weighted by Gasteiger charge is -2.27. The van der Waals surface area contributed by atoms with E-state index in [1.165, 1.54) is 0 Å². The van der Waals surface area contributed by atoms with Crippen LogP contribution in [0, 0.1) is 5.92 Å². The highest BCUT2D eigenvalue weighted by Gasteiger charge is 2.29. The SMILES string of the molecule is CC(C)[C@@H](NCc1ccnc2c1C(C(=O)O)=CC2)C(=O)N1CCCC1. The quantitative estimate of drug-likeness (QED) is 0.824. The summed E-state index contributed by atoms with van der Waals surface area (Å²) in [5, 5.41) is 12.8. The van der Waals surface area contributed by atoms with Gasteiger partial charge in [-0.15, -0.1) is 0 Å². The minimum atomic E-state index is -0.929. The Balaban J connectivity index is 1.76. The highest BCUT2D eigenvalue weighted by Crippen LogP contribution is 2.29. The molecule has 1 fully saturated rings. The van der Waals surface area contributed by atoms with Crippen molar-refractivity contribution in [3.63, 3.8) is 0 Å². The summed E-state index contributed by atoms with van der Waals surface area (Å²) >= 11 is 0. The zero-order valence-corrected chi connectivity index (χ0v) is 14.8. The second-order valence-corrected chi connectivity index (χ2v) is 7.05. The number of hydrogen-bond donors (Lipinski definition) is 2. The first-order valence-electron chi connectivity index (χ1n) is 8.91. The molecule has 1 saturated heterocycles. The lowest BCUT2D eigenvalue weighted by atomic mass is 10.00. The molecule has 134 valence electrons. The smallest absolute Gasteiger partial charge is 0.336 e. The Morgan fingerprint density at radius 2 is 2.04 bits per heavy atom. The Morgan fingerprint density at radius 1 is 1.32 bits per heavy atom. The number of carbonyl (C=O) groups excluding carboxylic acids is 1. The average molecular weight is 343 g/mol. The molecule has 1 aliphatic carbocycles. The summed E-state index contributed by atoms with van der Waals surface area (Å²) in [6.45, 7) is 6.19. The van der Waals surface area contributed by atoms with E-state index in [-0.39, 0.29) is 17.9 Å². The predicted octanol–water partition coefficient (Wildman–Crippen LogP) is 1.84. The first-order valence-corrected chi connectivity index (χ1v) is 8.91. The van der Waals surface area contributed by atoms with E-state index in [0.29, 0.717) is 24.1 Å². The number of nitrogens with one attached hydrogen (secondary N) is 1. The normalized spacial score (nSPS) is 17.6. The minimum absolute atomic E-state index is 0.146. The van der Waals surface area contributed by atoms with Crippen LogP contribution in [0.2, 0.25) is 0 Å². The summed E-state index contributed by atoms with van der Waals surface area (Å²) in [7, 11) is 0. The number of carboxylic acids is 1. The van der Waals surface area contributed by atoms with E-state index in [0.717, 1.165) is 37.2 Å². The number of aliphatic carboxylic acids is 1. The number of amides is 1. The molecule has 0 saturated carbocycles. The van der Waals surface area contributed by atoms with E-state index in [4.69, 9.17) is 0 Å². The summed E-state index contributed by atoms with van der Waals surface area (Å²) in [4.78, 5) is 30.5. The minimum Gasteiger partial charge on any atom is -0.478 e. The number of carboxylic acid groups (broad SMARTS) is 1. The van der Waals surface area contributed by atoms with Gasteiger partial charge >= 0.3 is 5.97 Å². The van der Waals surface area contributed by atoms with Gasteiger partial charge in [-0.05, 0) is 30.4 Å². The number of allylic oxidation sites excluding steroid dienone is 1. The Bertz CT molecular complexity index is 706. The number of pyridine rings is 1. The maximum Gasteiger partial charge on any atom is 0.336 e. The van der Waals surface area contributed by atoms with Crippen LogP contribution in [0.5, 0.6) is 0 Å². The number of rotatable bonds is 6. The summed E-state index contributed by atoms with van der Waals surface area (Å²) < 4.78 is 0. The molecule has 2 N–H and O–H groups in total. The molecule has 6 nitrogen and oxygen atoms in total. The van der Waals surface area contributed by atoms with Gasteiger partial charge in [0.15, 0.2) is 0 Å². The van der Waals surface area contributed by atoms with Crippen LogP contribution < -0.4 is 5.32 Å². The van der Waals surface area contributed by atoms with Gasteiger partial charge in [-0.2, -0.15) is 0 Å². The molecule has 0 aromatic carbocycles.